The second-order valence-corrected chi connectivity index (χ2v) is 5.02. The zero-order chi connectivity index (χ0) is 14.6. The smallest absolute Gasteiger partial charge is 0.252 e. The van der Waals surface area contributed by atoms with Gasteiger partial charge >= 0.3 is 0 Å². The first-order valence-electron chi connectivity index (χ1n) is 7.02. The highest BCUT2D eigenvalue weighted by atomic mass is 16.1. The third-order valence-corrected chi connectivity index (χ3v) is 4.01. The van der Waals surface area contributed by atoms with Gasteiger partial charge in [0.25, 0.3) is 5.91 Å². The summed E-state index contributed by atoms with van der Waals surface area (Å²) in [5.41, 5.74) is 6.98. The number of nitrogens with one attached hydrogen (secondary N) is 1. The van der Waals surface area contributed by atoms with Gasteiger partial charge in [-0.1, -0.05) is 26.0 Å². The van der Waals surface area contributed by atoms with E-state index in [0.29, 0.717) is 12.1 Å². The van der Waals surface area contributed by atoms with Crippen molar-refractivity contribution >= 4 is 16.8 Å². The molecule has 106 valence electrons. The number of carbonyl (C=O) groups is 1. The second kappa shape index (κ2) is 6.01. The molecule has 0 spiro atoms. The van der Waals surface area contributed by atoms with Gasteiger partial charge in [-0.3, -0.25) is 9.78 Å². The molecule has 20 heavy (non-hydrogen) atoms. The van der Waals surface area contributed by atoms with Crippen molar-refractivity contribution in [2.75, 3.05) is 6.54 Å². The van der Waals surface area contributed by atoms with E-state index in [9.17, 15) is 4.79 Å². The van der Waals surface area contributed by atoms with Crippen LogP contribution in [0.1, 0.15) is 37.0 Å². The van der Waals surface area contributed by atoms with E-state index in [1.165, 1.54) is 0 Å². The van der Waals surface area contributed by atoms with E-state index in [4.69, 9.17) is 5.73 Å². The summed E-state index contributed by atoms with van der Waals surface area (Å²) in [6.45, 7) is 4.53. The number of carbonyl (C=O) groups excluding carboxylic acids is 1. The molecule has 0 aliphatic rings. The fourth-order valence-electron chi connectivity index (χ4n) is 2.38. The molecular formula is C16H21N3O. The van der Waals surface area contributed by atoms with Crippen LogP contribution in [0.15, 0.2) is 36.5 Å². The first-order chi connectivity index (χ1) is 9.65. The molecule has 0 aliphatic carbocycles. The van der Waals surface area contributed by atoms with Crippen LogP contribution in [-0.2, 0) is 0 Å². The van der Waals surface area contributed by atoms with Gasteiger partial charge in [-0.05, 0) is 31.0 Å². The fraction of sp³-hybridized carbons (Fsp3) is 0.375. The molecule has 0 atom stereocenters. The highest BCUT2D eigenvalue weighted by Gasteiger charge is 2.27. The van der Waals surface area contributed by atoms with Gasteiger partial charge in [-0.15, -0.1) is 0 Å². The molecule has 0 saturated heterocycles. The van der Waals surface area contributed by atoms with Gasteiger partial charge in [-0.25, -0.2) is 0 Å². The minimum Gasteiger partial charge on any atom is -0.345 e. The number of aromatic nitrogens is 1. The van der Waals surface area contributed by atoms with Crippen LogP contribution in [0.2, 0.25) is 0 Å². The number of nitrogens with zero attached hydrogens (tertiary/aromatic N) is 1. The molecule has 2 rings (SSSR count). The van der Waals surface area contributed by atoms with Crippen LogP contribution in [0.5, 0.6) is 0 Å². The number of fused-ring (bicyclic) bond motifs is 1. The third-order valence-electron chi connectivity index (χ3n) is 4.01. The summed E-state index contributed by atoms with van der Waals surface area (Å²) < 4.78 is 0. The molecule has 0 radical (unpaired) electrons. The summed E-state index contributed by atoms with van der Waals surface area (Å²) in [5.74, 6) is -0.0854. The number of nitrogens with two attached hydrogens (primary N) is 1. The minimum absolute atomic E-state index is 0.0854. The Bertz CT molecular complexity index is 592. The monoisotopic (exact) mass is 271 g/mol. The zero-order valence-corrected chi connectivity index (χ0v) is 12.0. The molecular weight excluding hydrogens is 250 g/mol. The third kappa shape index (κ3) is 2.65. The van der Waals surface area contributed by atoms with Crippen molar-refractivity contribution in [2.24, 2.45) is 5.73 Å². The van der Waals surface area contributed by atoms with Gasteiger partial charge < -0.3 is 11.1 Å². The molecule has 0 bridgehead atoms. The lowest BCUT2D eigenvalue weighted by Crippen LogP contribution is -2.52. The van der Waals surface area contributed by atoms with Crippen molar-refractivity contribution in [3.05, 3.63) is 42.1 Å². The lowest BCUT2D eigenvalue weighted by molar-refractivity contribution is 0.0897. The summed E-state index contributed by atoms with van der Waals surface area (Å²) in [6.07, 6.45) is 3.36. The van der Waals surface area contributed by atoms with Gasteiger partial charge in [-0.2, -0.15) is 0 Å². The van der Waals surface area contributed by atoms with Gasteiger partial charge in [0.1, 0.15) is 0 Å². The normalized spacial score (nSPS) is 11.6. The summed E-state index contributed by atoms with van der Waals surface area (Å²) in [4.78, 5) is 16.8. The van der Waals surface area contributed by atoms with Crippen molar-refractivity contribution in [3.63, 3.8) is 0 Å². The Morgan fingerprint density at radius 3 is 2.65 bits per heavy atom. The highest BCUT2D eigenvalue weighted by molar-refractivity contribution is 6.06. The lowest BCUT2D eigenvalue weighted by Gasteiger charge is -2.31. The number of hydrogen-bond acceptors (Lipinski definition) is 3. The van der Waals surface area contributed by atoms with Gasteiger partial charge in [0.15, 0.2) is 0 Å². The SMILES string of the molecule is CCC(CC)(CN)NC(=O)c1cccc2ncccc12. The Kier molecular flexibility index (Phi) is 4.35. The van der Waals surface area contributed by atoms with Gasteiger partial charge in [0.2, 0.25) is 0 Å². The summed E-state index contributed by atoms with van der Waals surface area (Å²) >= 11 is 0. The van der Waals surface area contributed by atoms with Crippen LogP contribution in [0.25, 0.3) is 10.9 Å². The quantitative estimate of drug-likeness (QED) is 0.878. The number of benzene rings is 1. The predicted molar refractivity (Wildman–Crippen MR) is 81.6 cm³/mol. The van der Waals surface area contributed by atoms with E-state index in [1.807, 2.05) is 44.2 Å². The Morgan fingerprint density at radius 1 is 1.25 bits per heavy atom. The summed E-state index contributed by atoms with van der Waals surface area (Å²) in [5, 5.41) is 3.96. The van der Waals surface area contributed by atoms with Crippen molar-refractivity contribution < 1.29 is 4.79 Å². The maximum atomic E-state index is 12.6. The Labute approximate surface area is 119 Å². The molecule has 1 aromatic heterocycles. The highest BCUT2D eigenvalue weighted by Crippen LogP contribution is 2.19. The molecule has 4 heteroatoms. The largest absolute Gasteiger partial charge is 0.345 e. The lowest BCUT2D eigenvalue weighted by atomic mass is 9.92. The first-order valence-corrected chi connectivity index (χ1v) is 7.02. The predicted octanol–water partition coefficient (Wildman–Crippen LogP) is 2.48. The molecule has 0 fully saturated rings. The van der Waals surface area contributed by atoms with Crippen molar-refractivity contribution in [2.45, 2.75) is 32.2 Å². The van der Waals surface area contributed by atoms with E-state index in [-0.39, 0.29) is 11.4 Å². The maximum absolute atomic E-state index is 12.6. The van der Waals surface area contributed by atoms with Crippen LogP contribution >= 0.6 is 0 Å². The minimum atomic E-state index is -0.332. The first kappa shape index (κ1) is 14.5. The molecule has 0 unspecified atom stereocenters. The number of rotatable bonds is 5. The van der Waals surface area contributed by atoms with E-state index in [2.05, 4.69) is 10.3 Å². The molecule has 1 amide bonds. The Balaban J connectivity index is 2.37. The Hall–Kier alpha value is -1.94. The van der Waals surface area contributed by atoms with Crippen LogP contribution in [-0.4, -0.2) is 23.0 Å². The standard InChI is InChI=1S/C16H21N3O/c1-3-16(4-2,11-17)19-15(20)13-7-5-9-14-12(13)8-6-10-18-14/h5-10H,3-4,11,17H2,1-2H3,(H,19,20). The molecule has 4 nitrogen and oxygen atoms in total. The topological polar surface area (TPSA) is 68.0 Å². The molecule has 3 N–H and O–H groups in total. The molecule has 2 aromatic rings. The van der Waals surface area contributed by atoms with Crippen LogP contribution in [0.3, 0.4) is 0 Å². The summed E-state index contributed by atoms with van der Waals surface area (Å²) in [6, 6.07) is 9.34. The summed E-state index contributed by atoms with van der Waals surface area (Å²) in [7, 11) is 0. The van der Waals surface area contributed by atoms with Crippen molar-refractivity contribution in [1.29, 1.82) is 0 Å². The maximum Gasteiger partial charge on any atom is 0.252 e. The molecule has 1 heterocycles. The fourth-order valence-corrected chi connectivity index (χ4v) is 2.38. The molecule has 0 saturated carbocycles. The number of amides is 1. The number of hydrogen-bond donors (Lipinski definition) is 2. The van der Waals surface area contributed by atoms with Crippen LogP contribution in [0, 0.1) is 0 Å². The van der Waals surface area contributed by atoms with E-state index >= 15 is 0 Å². The average Bonchev–Trinajstić information content (AvgIpc) is 2.52. The van der Waals surface area contributed by atoms with Gasteiger partial charge in [0.05, 0.1) is 11.1 Å². The zero-order valence-electron chi connectivity index (χ0n) is 12.0. The van der Waals surface area contributed by atoms with Gasteiger partial charge in [0, 0.05) is 23.7 Å². The van der Waals surface area contributed by atoms with E-state index in [1.54, 1.807) is 6.20 Å². The average molecular weight is 271 g/mol. The van der Waals surface area contributed by atoms with E-state index < -0.39 is 0 Å². The number of pyridine rings is 1. The van der Waals surface area contributed by atoms with Crippen molar-refractivity contribution in [1.82, 2.24) is 10.3 Å². The van der Waals surface area contributed by atoms with Crippen molar-refractivity contribution in [3.8, 4) is 0 Å². The van der Waals surface area contributed by atoms with Crippen LogP contribution < -0.4 is 11.1 Å². The Morgan fingerprint density at radius 2 is 2.00 bits per heavy atom. The van der Waals surface area contributed by atoms with Crippen LogP contribution in [0.4, 0.5) is 0 Å². The van der Waals surface area contributed by atoms with E-state index in [0.717, 1.165) is 23.7 Å². The molecule has 0 aliphatic heterocycles. The molecule has 1 aromatic carbocycles. The second-order valence-electron chi connectivity index (χ2n) is 5.02.